The molecule has 192 valence electrons. The summed E-state index contributed by atoms with van der Waals surface area (Å²) in [6.07, 6.45) is 0. The maximum absolute atomic E-state index is 13.7. The van der Waals surface area contributed by atoms with Crippen molar-refractivity contribution in [1.82, 2.24) is 14.8 Å². The predicted octanol–water partition coefficient (Wildman–Crippen LogP) is 5.64. The summed E-state index contributed by atoms with van der Waals surface area (Å²) in [6, 6.07) is 19.5. The second-order valence-electron chi connectivity index (χ2n) is 8.20. The molecule has 5 rings (SSSR count). The number of rotatable bonds is 7. The van der Waals surface area contributed by atoms with Gasteiger partial charge in [-0.05, 0) is 35.7 Å². The highest BCUT2D eigenvalue weighted by Crippen LogP contribution is 2.41. The summed E-state index contributed by atoms with van der Waals surface area (Å²) in [5, 5.41) is 8.78. The van der Waals surface area contributed by atoms with Crippen molar-refractivity contribution in [3.05, 3.63) is 90.3 Å². The lowest BCUT2D eigenvalue weighted by Gasteiger charge is -2.15. The Morgan fingerprint density at radius 3 is 2.16 bits per heavy atom. The molecule has 0 atom stereocenters. The number of hydrogen-bond donors (Lipinski definition) is 1. The number of nitrogens with one attached hydrogen (secondary N) is 1. The Kier molecular flexibility index (Phi) is 6.61. The number of carbonyl (C=O) groups is 1. The zero-order valence-corrected chi connectivity index (χ0v) is 20.7. The number of anilines is 1. The van der Waals surface area contributed by atoms with Gasteiger partial charge in [-0.25, -0.2) is 18.4 Å². The number of benzene rings is 4. The minimum Gasteiger partial charge on any atom is -0.493 e. The van der Waals surface area contributed by atoms with Crippen molar-refractivity contribution in [2.24, 2.45) is 0 Å². The summed E-state index contributed by atoms with van der Waals surface area (Å²) in [7, 11) is 4.48. The molecule has 4 aromatic carbocycles. The second kappa shape index (κ2) is 10.2. The van der Waals surface area contributed by atoms with E-state index >= 15 is 0 Å². The van der Waals surface area contributed by atoms with Crippen LogP contribution in [-0.4, -0.2) is 42.0 Å². The number of aromatic nitrogens is 3. The van der Waals surface area contributed by atoms with Gasteiger partial charge in [0.15, 0.2) is 17.3 Å². The molecule has 0 radical (unpaired) electrons. The van der Waals surface area contributed by atoms with E-state index in [0.29, 0.717) is 40.4 Å². The fourth-order valence-corrected chi connectivity index (χ4v) is 4.18. The molecule has 0 fully saturated rings. The van der Waals surface area contributed by atoms with Crippen molar-refractivity contribution in [3.63, 3.8) is 0 Å². The van der Waals surface area contributed by atoms with Crippen LogP contribution in [0.25, 0.3) is 27.8 Å². The highest BCUT2D eigenvalue weighted by Gasteiger charge is 2.23. The molecule has 0 unspecified atom stereocenters. The summed E-state index contributed by atoms with van der Waals surface area (Å²) in [5.74, 6) is -1.15. The zero-order valence-electron chi connectivity index (χ0n) is 20.7. The van der Waals surface area contributed by atoms with E-state index < -0.39 is 17.5 Å². The summed E-state index contributed by atoms with van der Waals surface area (Å²) in [4.78, 5) is 17.6. The van der Waals surface area contributed by atoms with Crippen LogP contribution in [0.2, 0.25) is 0 Å². The smallest absolute Gasteiger partial charge is 0.295 e. The van der Waals surface area contributed by atoms with Crippen molar-refractivity contribution in [2.75, 3.05) is 26.6 Å². The molecule has 1 aromatic heterocycles. The monoisotopic (exact) mass is 516 g/mol. The number of methoxy groups -OCH3 is 3. The summed E-state index contributed by atoms with van der Waals surface area (Å²) >= 11 is 0. The Morgan fingerprint density at radius 1 is 0.842 bits per heavy atom. The van der Waals surface area contributed by atoms with Gasteiger partial charge < -0.3 is 19.5 Å². The first-order valence-electron chi connectivity index (χ1n) is 11.4. The third kappa shape index (κ3) is 4.59. The van der Waals surface area contributed by atoms with E-state index in [4.69, 9.17) is 14.2 Å². The molecule has 0 saturated carbocycles. The van der Waals surface area contributed by atoms with E-state index in [1.165, 1.54) is 26.0 Å². The average Bonchev–Trinajstić information content (AvgIpc) is 3.37. The van der Waals surface area contributed by atoms with Gasteiger partial charge in [-0.15, -0.1) is 5.10 Å². The molecule has 0 saturated heterocycles. The molecule has 0 aliphatic heterocycles. The van der Waals surface area contributed by atoms with Gasteiger partial charge in [0.1, 0.15) is 11.6 Å². The lowest BCUT2D eigenvalue weighted by molar-refractivity contribution is 0.101. The van der Waals surface area contributed by atoms with E-state index in [1.807, 2.05) is 42.5 Å². The third-order valence-corrected chi connectivity index (χ3v) is 5.85. The SMILES string of the molecule is COc1cc(-c2nc(C(=O)Nc3cc(F)cc(F)c3)nn2-c2cccc3ccccc23)cc(OC)c1OC. The van der Waals surface area contributed by atoms with Crippen LogP contribution in [0.15, 0.2) is 72.8 Å². The molecule has 1 heterocycles. The van der Waals surface area contributed by atoms with Gasteiger partial charge >= 0.3 is 0 Å². The quantitative estimate of drug-likeness (QED) is 0.301. The number of halogens is 2. The molecule has 0 aliphatic rings. The normalized spacial score (nSPS) is 10.9. The first-order chi connectivity index (χ1) is 18.4. The number of amides is 1. The van der Waals surface area contributed by atoms with Crippen LogP contribution < -0.4 is 19.5 Å². The van der Waals surface area contributed by atoms with Crippen molar-refractivity contribution < 1.29 is 27.8 Å². The summed E-state index contributed by atoms with van der Waals surface area (Å²) < 4.78 is 45.3. The van der Waals surface area contributed by atoms with Crippen LogP contribution in [-0.2, 0) is 0 Å². The van der Waals surface area contributed by atoms with Gasteiger partial charge in [-0.3, -0.25) is 4.79 Å². The summed E-state index contributed by atoms with van der Waals surface area (Å²) in [6.45, 7) is 0. The van der Waals surface area contributed by atoms with Crippen LogP contribution in [0.5, 0.6) is 17.2 Å². The first kappa shape index (κ1) is 24.7. The minimum atomic E-state index is -0.826. The van der Waals surface area contributed by atoms with Crippen molar-refractivity contribution in [3.8, 4) is 34.3 Å². The molecule has 0 spiro atoms. The average molecular weight is 517 g/mol. The Hall–Kier alpha value is -4.99. The van der Waals surface area contributed by atoms with Gasteiger partial charge in [0.2, 0.25) is 11.6 Å². The molecule has 8 nitrogen and oxygen atoms in total. The van der Waals surface area contributed by atoms with Crippen LogP contribution in [0.3, 0.4) is 0 Å². The predicted molar refractivity (Wildman–Crippen MR) is 138 cm³/mol. The lowest BCUT2D eigenvalue weighted by atomic mass is 10.1. The van der Waals surface area contributed by atoms with E-state index in [1.54, 1.807) is 12.1 Å². The molecule has 0 bridgehead atoms. The van der Waals surface area contributed by atoms with E-state index in [-0.39, 0.29) is 11.5 Å². The fraction of sp³-hybridized carbons (Fsp3) is 0.107. The number of ether oxygens (including phenoxy) is 3. The fourth-order valence-electron chi connectivity index (χ4n) is 4.18. The van der Waals surface area contributed by atoms with Crippen LogP contribution in [0.4, 0.5) is 14.5 Å². The largest absolute Gasteiger partial charge is 0.493 e. The number of carbonyl (C=O) groups excluding carboxylic acids is 1. The highest BCUT2D eigenvalue weighted by molar-refractivity contribution is 6.02. The van der Waals surface area contributed by atoms with Crippen LogP contribution in [0.1, 0.15) is 10.6 Å². The zero-order chi connectivity index (χ0) is 26.8. The molecule has 1 amide bonds. The van der Waals surface area contributed by atoms with E-state index in [9.17, 15) is 13.6 Å². The molecular weight excluding hydrogens is 494 g/mol. The van der Waals surface area contributed by atoms with Gasteiger partial charge in [-0.2, -0.15) is 0 Å². The first-order valence-corrected chi connectivity index (χ1v) is 11.4. The molecular formula is C28H22F2N4O4. The van der Waals surface area contributed by atoms with E-state index in [0.717, 1.165) is 22.9 Å². The third-order valence-electron chi connectivity index (χ3n) is 5.85. The molecule has 5 aromatic rings. The minimum absolute atomic E-state index is 0.0663. The van der Waals surface area contributed by atoms with Crippen LogP contribution in [0, 0.1) is 11.6 Å². The Balaban J connectivity index is 1.69. The molecule has 38 heavy (non-hydrogen) atoms. The second-order valence-corrected chi connectivity index (χ2v) is 8.20. The molecule has 1 N–H and O–H groups in total. The maximum atomic E-state index is 13.7. The number of hydrogen-bond acceptors (Lipinski definition) is 6. The highest BCUT2D eigenvalue weighted by atomic mass is 19.1. The number of fused-ring (bicyclic) bond motifs is 1. The Bertz CT molecular complexity index is 1620. The molecule has 0 aliphatic carbocycles. The standard InChI is InChI=1S/C28H22F2N4O4/c1-36-23-11-17(12-24(37-2)25(23)38-3)27-32-26(28(35)31-20-14-18(29)13-19(30)15-20)33-34(27)22-10-6-8-16-7-4-5-9-21(16)22/h4-15H,1-3H3,(H,31,35). The van der Waals surface area contributed by atoms with Crippen molar-refractivity contribution in [1.29, 1.82) is 0 Å². The van der Waals surface area contributed by atoms with Gasteiger partial charge in [0, 0.05) is 22.7 Å². The van der Waals surface area contributed by atoms with Crippen LogP contribution >= 0.6 is 0 Å². The van der Waals surface area contributed by atoms with Gasteiger partial charge in [0.05, 0.1) is 27.0 Å². The van der Waals surface area contributed by atoms with Gasteiger partial charge in [-0.1, -0.05) is 36.4 Å². The maximum Gasteiger partial charge on any atom is 0.295 e. The lowest BCUT2D eigenvalue weighted by Crippen LogP contribution is -2.14. The Labute approximate surface area is 216 Å². The number of nitrogens with zero attached hydrogens (tertiary/aromatic N) is 3. The van der Waals surface area contributed by atoms with Crippen molar-refractivity contribution >= 4 is 22.4 Å². The molecule has 10 heteroatoms. The Morgan fingerprint density at radius 2 is 1.50 bits per heavy atom. The van der Waals surface area contributed by atoms with Crippen molar-refractivity contribution in [2.45, 2.75) is 0 Å². The topological polar surface area (TPSA) is 87.5 Å². The van der Waals surface area contributed by atoms with Gasteiger partial charge in [0.25, 0.3) is 5.91 Å². The van der Waals surface area contributed by atoms with E-state index in [2.05, 4.69) is 15.4 Å². The summed E-state index contributed by atoms with van der Waals surface area (Å²) in [5.41, 5.74) is 1.12.